The number of fused-ring (bicyclic) bond motifs is 1. The fraction of sp³-hybridized carbons (Fsp3) is 0.375. The van der Waals surface area contributed by atoms with Crippen LogP contribution in [0.5, 0.6) is 5.88 Å². The topological polar surface area (TPSA) is 89.0 Å². The molecule has 0 radical (unpaired) electrons. The van der Waals surface area contributed by atoms with Gasteiger partial charge in [-0.15, -0.1) is 0 Å². The Bertz CT molecular complexity index is 631. The van der Waals surface area contributed by atoms with Crippen molar-refractivity contribution in [1.82, 2.24) is 10.3 Å². The zero-order valence-corrected chi connectivity index (χ0v) is 12.6. The summed E-state index contributed by atoms with van der Waals surface area (Å²) < 4.78 is 0. The molecule has 0 aliphatic rings. The van der Waals surface area contributed by atoms with Crippen molar-refractivity contribution < 1.29 is 5.11 Å². The highest BCUT2D eigenvalue weighted by Gasteiger charge is 2.07. The smallest absolute Gasteiger partial charge is 0.258 e. The van der Waals surface area contributed by atoms with Gasteiger partial charge >= 0.3 is 0 Å². The van der Waals surface area contributed by atoms with Gasteiger partial charge in [-0.05, 0) is 25.6 Å². The Labute approximate surface area is 124 Å². The minimum absolute atomic E-state index is 0.260. The first-order valence-electron chi connectivity index (χ1n) is 7.20. The number of nitrogens with one attached hydrogen (secondary N) is 3. The molecule has 5 nitrogen and oxygen atoms in total. The van der Waals surface area contributed by atoms with E-state index in [2.05, 4.69) is 24.1 Å². The lowest BCUT2D eigenvalue weighted by atomic mass is 10.1. The number of hydrogen-bond donors (Lipinski definition) is 4. The Morgan fingerprint density at radius 3 is 2.52 bits per heavy atom. The van der Waals surface area contributed by atoms with Crippen LogP contribution in [0.2, 0.25) is 0 Å². The first-order valence-corrected chi connectivity index (χ1v) is 7.20. The number of pyridine rings is 1. The molecule has 0 unspecified atom stereocenters. The maximum Gasteiger partial charge on any atom is 0.258 e. The summed E-state index contributed by atoms with van der Waals surface area (Å²) in [6.45, 7) is 6.64. The molecule has 114 valence electrons. The molecule has 4 N–H and O–H groups in total. The summed E-state index contributed by atoms with van der Waals surface area (Å²) >= 11 is 0. The van der Waals surface area contributed by atoms with Gasteiger partial charge in [0.05, 0.1) is 5.56 Å². The third kappa shape index (κ3) is 4.72. The van der Waals surface area contributed by atoms with Gasteiger partial charge in [-0.3, -0.25) is 9.78 Å². The summed E-state index contributed by atoms with van der Waals surface area (Å²) in [5, 5.41) is 20.8. The summed E-state index contributed by atoms with van der Waals surface area (Å²) in [6.07, 6.45) is 3.63. The molecular formula is C16H23N3O2. The van der Waals surface area contributed by atoms with Crippen molar-refractivity contribution in [2.24, 2.45) is 0 Å². The SMILES string of the molecule is CCCCNCC.N=Cc1c(O)[nH]c(=O)c2ccccc12. The van der Waals surface area contributed by atoms with Crippen LogP contribution in [0.1, 0.15) is 32.3 Å². The molecule has 0 aliphatic carbocycles. The van der Waals surface area contributed by atoms with Crippen molar-refractivity contribution >= 4 is 17.0 Å². The van der Waals surface area contributed by atoms with E-state index in [1.54, 1.807) is 24.3 Å². The van der Waals surface area contributed by atoms with E-state index in [9.17, 15) is 9.90 Å². The van der Waals surface area contributed by atoms with E-state index in [1.165, 1.54) is 19.4 Å². The van der Waals surface area contributed by atoms with E-state index in [0.29, 0.717) is 16.3 Å². The summed E-state index contributed by atoms with van der Waals surface area (Å²) in [5.74, 6) is -0.260. The van der Waals surface area contributed by atoms with E-state index in [4.69, 9.17) is 5.41 Å². The van der Waals surface area contributed by atoms with Crippen LogP contribution in [0.25, 0.3) is 10.8 Å². The molecular weight excluding hydrogens is 266 g/mol. The Morgan fingerprint density at radius 2 is 1.95 bits per heavy atom. The predicted octanol–water partition coefficient (Wildman–Crippen LogP) is 2.63. The Hall–Kier alpha value is -2.14. The number of aromatic hydroxyl groups is 1. The maximum absolute atomic E-state index is 11.4. The van der Waals surface area contributed by atoms with E-state index in [1.807, 2.05) is 0 Å². The van der Waals surface area contributed by atoms with Crippen LogP contribution < -0.4 is 10.9 Å². The second-order valence-electron chi connectivity index (χ2n) is 4.61. The lowest BCUT2D eigenvalue weighted by molar-refractivity contribution is 0.452. The zero-order valence-electron chi connectivity index (χ0n) is 12.6. The number of aromatic nitrogens is 1. The van der Waals surface area contributed by atoms with Gasteiger partial charge in [0.2, 0.25) is 5.88 Å². The number of rotatable bonds is 5. The van der Waals surface area contributed by atoms with Gasteiger partial charge in [-0.1, -0.05) is 38.5 Å². The lowest BCUT2D eigenvalue weighted by Gasteiger charge is -2.02. The summed E-state index contributed by atoms with van der Waals surface area (Å²) in [7, 11) is 0. The van der Waals surface area contributed by atoms with Crippen LogP contribution in [0.15, 0.2) is 29.1 Å². The fourth-order valence-corrected chi connectivity index (χ4v) is 1.91. The number of aromatic amines is 1. The summed E-state index contributed by atoms with van der Waals surface area (Å²) in [4.78, 5) is 13.7. The molecule has 0 amide bonds. The number of benzene rings is 1. The van der Waals surface area contributed by atoms with Gasteiger partial charge < -0.3 is 15.8 Å². The molecule has 2 rings (SSSR count). The molecule has 0 spiro atoms. The van der Waals surface area contributed by atoms with Gasteiger partial charge in [-0.2, -0.15) is 0 Å². The maximum atomic E-state index is 11.4. The predicted molar refractivity (Wildman–Crippen MR) is 87.6 cm³/mol. The van der Waals surface area contributed by atoms with Crippen molar-refractivity contribution in [3.8, 4) is 5.88 Å². The molecule has 0 aliphatic heterocycles. The van der Waals surface area contributed by atoms with Gasteiger partial charge in [0.25, 0.3) is 5.56 Å². The van der Waals surface area contributed by atoms with Crippen molar-refractivity contribution in [2.75, 3.05) is 13.1 Å². The van der Waals surface area contributed by atoms with Crippen molar-refractivity contribution in [3.63, 3.8) is 0 Å². The summed E-state index contributed by atoms with van der Waals surface area (Å²) in [5.41, 5.74) is -0.0103. The van der Waals surface area contributed by atoms with Crippen molar-refractivity contribution in [3.05, 3.63) is 40.2 Å². The standard InChI is InChI=1S/C10H8N2O2.C6H15N/c11-5-8-6-3-1-2-4-7(6)9(13)12-10(8)14;1-3-5-6-7-4-2/h1-5,11H,(H2,12,13,14);7H,3-6H2,1-2H3. The highest BCUT2D eigenvalue weighted by atomic mass is 16.3. The number of H-pyrrole nitrogens is 1. The highest BCUT2D eigenvalue weighted by molar-refractivity contribution is 6.00. The van der Waals surface area contributed by atoms with Crippen LogP contribution in [0, 0.1) is 5.41 Å². The number of hydrogen-bond acceptors (Lipinski definition) is 4. The van der Waals surface area contributed by atoms with Gasteiger partial charge in [0.1, 0.15) is 0 Å². The van der Waals surface area contributed by atoms with Crippen LogP contribution in [-0.2, 0) is 0 Å². The zero-order chi connectivity index (χ0) is 15.7. The van der Waals surface area contributed by atoms with E-state index in [0.717, 1.165) is 12.8 Å². The molecule has 0 saturated heterocycles. The van der Waals surface area contributed by atoms with E-state index < -0.39 is 0 Å². The number of unbranched alkanes of at least 4 members (excludes halogenated alkanes) is 1. The Kier molecular flexibility index (Phi) is 7.18. The monoisotopic (exact) mass is 289 g/mol. The Morgan fingerprint density at radius 1 is 1.29 bits per heavy atom. The second kappa shape index (κ2) is 8.92. The first-order chi connectivity index (χ1) is 10.2. The van der Waals surface area contributed by atoms with Gasteiger partial charge in [0, 0.05) is 17.0 Å². The quantitative estimate of drug-likeness (QED) is 0.504. The average Bonchev–Trinajstić information content (AvgIpc) is 2.49. The normalized spacial score (nSPS) is 10.0. The Balaban J connectivity index is 0.000000270. The third-order valence-corrected chi connectivity index (χ3v) is 3.05. The molecule has 0 saturated carbocycles. The van der Waals surface area contributed by atoms with Crippen LogP contribution in [0.3, 0.4) is 0 Å². The molecule has 21 heavy (non-hydrogen) atoms. The highest BCUT2D eigenvalue weighted by Crippen LogP contribution is 2.19. The third-order valence-electron chi connectivity index (χ3n) is 3.05. The molecule has 0 fully saturated rings. The summed E-state index contributed by atoms with van der Waals surface area (Å²) in [6, 6.07) is 6.85. The molecule has 5 heteroatoms. The fourth-order valence-electron chi connectivity index (χ4n) is 1.91. The van der Waals surface area contributed by atoms with Gasteiger partial charge in [-0.25, -0.2) is 0 Å². The minimum atomic E-state index is -0.344. The lowest BCUT2D eigenvalue weighted by Crippen LogP contribution is -2.13. The molecule has 1 heterocycles. The second-order valence-corrected chi connectivity index (χ2v) is 4.61. The molecule has 0 bridgehead atoms. The van der Waals surface area contributed by atoms with Crippen LogP contribution >= 0.6 is 0 Å². The van der Waals surface area contributed by atoms with Crippen LogP contribution in [0.4, 0.5) is 0 Å². The van der Waals surface area contributed by atoms with Crippen molar-refractivity contribution in [1.29, 1.82) is 5.41 Å². The molecule has 1 aromatic carbocycles. The molecule has 0 atom stereocenters. The first kappa shape index (κ1) is 16.9. The molecule has 1 aromatic heterocycles. The van der Waals surface area contributed by atoms with E-state index >= 15 is 0 Å². The van der Waals surface area contributed by atoms with Gasteiger partial charge in [0.15, 0.2) is 0 Å². The van der Waals surface area contributed by atoms with Crippen LogP contribution in [-0.4, -0.2) is 29.4 Å². The average molecular weight is 289 g/mol. The minimum Gasteiger partial charge on any atom is -0.494 e. The van der Waals surface area contributed by atoms with E-state index in [-0.39, 0.29) is 11.4 Å². The largest absolute Gasteiger partial charge is 0.494 e. The van der Waals surface area contributed by atoms with Crippen molar-refractivity contribution in [2.45, 2.75) is 26.7 Å². The molecule has 2 aromatic rings.